The molecule has 3 rings (SSSR count). The third-order valence-corrected chi connectivity index (χ3v) is 6.45. The molecule has 1 atom stereocenters. The molecule has 4 amide bonds. The third kappa shape index (κ3) is 6.15. The number of anilines is 1. The Kier molecular flexibility index (Phi) is 8.63. The minimum atomic E-state index is -0.657. The lowest BCUT2D eigenvalue weighted by molar-refractivity contribution is -0.137. The van der Waals surface area contributed by atoms with Crippen molar-refractivity contribution >= 4 is 45.2 Å². The van der Waals surface area contributed by atoms with Crippen molar-refractivity contribution in [1.29, 1.82) is 0 Å². The van der Waals surface area contributed by atoms with Gasteiger partial charge in [0.2, 0.25) is 17.7 Å². The van der Waals surface area contributed by atoms with Crippen molar-refractivity contribution in [3.63, 3.8) is 0 Å². The summed E-state index contributed by atoms with van der Waals surface area (Å²) in [5.74, 6) is -1.03. The zero-order valence-corrected chi connectivity index (χ0v) is 19.3. The number of alkyl halides is 1. The third-order valence-electron chi connectivity index (χ3n) is 5.89. The van der Waals surface area contributed by atoms with Crippen molar-refractivity contribution in [3.8, 4) is 0 Å². The first kappa shape index (κ1) is 23.4. The zero-order chi connectivity index (χ0) is 22.2. The molecule has 2 heterocycles. The van der Waals surface area contributed by atoms with E-state index in [9.17, 15) is 19.2 Å². The molecule has 31 heavy (non-hydrogen) atoms. The van der Waals surface area contributed by atoms with Gasteiger partial charge in [-0.15, -0.1) is 0 Å². The Bertz CT molecular complexity index is 842. The van der Waals surface area contributed by atoms with Crippen LogP contribution in [-0.2, 0) is 20.9 Å². The fraction of sp³-hybridized carbons (Fsp3) is 0.565. The molecule has 1 fully saturated rings. The van der Waals surface area contributed by atoms with E-state index >= 15 is 0 Å². The number of rotatable bonds is 11. The van der Waals surface area contributed by atoms with Crippen LogP contribution in [0.1, 0.15) is 80.1 Å². The van der Waals surface area contributed by atoms with E-state index in [-0.39, 0.29) is 30.7 Å². The predicted octanol–water partition coefficient (Wildman–Crippen LogP) is 3.90. The maximum atomic E-state index is 12.8. The molecule has 2 N–H and O–H groups in total. The lowest BCUT2D eigenvalue weighted by Gasteiger charge is -2.29. The van der Waals surface area contributed by atoms with Gasteiger partial charge in [0.25, 0.3) is 5.91 Å². The van der Waals surface area contributed by atoms with Gasteiger partial charge in [0.15, 0.2) is 0 Å². The highest BCUT2D eigenvalue weighted by atomic mass is 79.9. The van der Waals surface area contributed by atoms with E-state index in [0.29, 0.717) is 24.1 Å². The SMILES string of the molecule is O=C1CCC(N2Cc3c(NC(=O)CCCCCCCCCBr)cccc3C2=O)C(=O)N1. The minimum Gasteiger partial charge on any atom is -0.326 e. The molecule has 2 aliphatic heterocycles. The van der Waals surface area contributed by atoms with E-state index in [1.807, 2.05) is 0 Å². The number of fused-ring (bicyclic) bond motifs is 1. The smallest absolute Gasteiger partial charge is 0.255 e. The van der Waals surface area contributed by atoms with Gasteiger partial charge in [-0.3, -0.25) is 24.5 Å². The van der Waals surface area contributed by atoms with Crippen LogP contribution in [-0.4, -0.2) is 39.9 Å². The Morgan fingerprint density at radius 1 is 1.06 bits per heavy atom. The molecule has 1 unspecified atom stereocenters. The molecule has 168 valence electrons. The number of nitrogens with zero attached hydrogens (tertiary/aromatic N) is 1. The molecule has 0 bridgehead atoms. The lowest BCUT2D eigenvalue weighted by atomic mass is 10.0. The van der Waals surface area contributed by atoms with Gasteiger partial charge in [0.05, 0.1) is 0 Å². The average Bonchev–Trinajstić information content (AvgIpc) is 3.07. The molecule has 1 saturated heterocycles. The molecule has 1 aromatic carbocycles. The first-order valence-electron chi connectivity index (χ1n) is 11.1. The summed E-state index contributed by atoms with van der Waals surface area (Å²) in [5.41, 5.74) is 1.86. The second kappa shape index (κ2) is 11.4. The largest absolute Gasteiger partial charge is 0.326 e. The Hall–Kier alpha value is -2.22. The van der Waals surface area contributed by atoms with Gasteiger partial charge < -0.3 is 10.2 Å². The first-order valence-corrected chi connectivity index (χ1v) is 12.3. The summed E-state index contributed by atoms with van der Waals surface area (Å²) in [6.45, 7) is 0.255. The van der Waals surface area contributed by atoms with Gasteiger partial charge in [0.1, 0.15) is 6.04 Å². The molecule has 0 aromatic heterocycles. The van der Waals surface area contributed by atoms with Crippen LogP contribution >= 0.6 is 15.9 Å². The lowest BCUT2D eigenvalue weighted by Crippen LogP contribution is -2.52. The number of nitrogens with one attached hydrogen (secondary N) is 2. The van der Waals surface area contributed by atoms with Crippen LogP contribution in [0.15, 0.2) is 18.2 Å². The van der Waals surface area contributed by atoms with Gasteiger partial charge in [-0.2, -0.15) is 0 Å². The van der Waals surface area contributed by atoms with Gasteiger partial charge in [-0.1, -0.05) is 54.1 Å². The molecule has 0 saturated carbocycles. The van der Waals surface area contributed by atoms with Crippen LogP contribution in [0, 0.1) is 0 Å². The molecule has 0 radical (unpaired) electrons. The topological polar surface area (TPSA) is 95.6 Å². The van der Waals surface area contributed by atoms with Crippen LogP contribution < -0.4 is 10.6 Å². The van der Waals surface area contributed by atoms with E-state index in [1.165, 1.54) is 30.6 Å². The number of carbonyl (C=O) groups is 4. The van der Waals surface area contributed by atoms with Gasteiger partial charge in [-0.25, -0.2) is 0 Å². The predicted molar refractivity (Wildman–Crippen MR) is 122 cm³/mol. The van der Waals surface area contributed by atoms with Gasteiger partial charge in [0, 0.05) is 41.5 Å². The maximum Gasteiger partial charge on any atom is 0.255 e. The Balaban J connectivity index is 1.50. The standard InChI is InChI=1S/C23H30BrN3O4/c24-14-7-5-3-1-2-4-6-11-20(28)25-18-10-8-9-16-17(18)15-27(23(16)31)19-12-13-21(29)26-22(19)30/h8-10,19H,1-7,11-15H2,(H,25,28)(H,26,29,30). The Morgan fingerprint density at radius 3 is 2.48 bits per heavy atom. The fourth-order valence-corrected chi connectivity index (χ4v) is 4.58. The van der Waals surface area contributed by atoms with Crippen LogP contribution in [0.3, 0.4) is 0 Å². The minimum absolute atomic E-state index is 0.0559. The number of benzene rings is 1. The number of hydrogen-bond acceptors (Lipinski definition) is 4. The summed E-state index contributed by atoms with van der Waals surface area (Å²) < 4.78 is 0. The molecular formula is C23H30BrN3O4. The second-order valence-corrected chi connectivity index (χ2v) is 8.99. The molecule has 8 heteroatoms. The molecular weight excluding hydrogens is 462 g/mol. The fourth-order valence-electron chi connectivity index (χ4n) is 4.18. The van der Waals surface area contributed by atoms with Gasteiger partial charge >= 0.3 is 0 Å². The maximum absolute atomic E-state index is 12.8. The molecule has 1 aromatic rings. The average molecular weight is 492 g/mol. The summed E-state index contributed by atoms with van der Waals surface area (Å²) >= 11 is 3.44. The van der Waals surface area contributed by atoms with Crippen molar-refractivity contribution in [2.45, 2.75) is 76.8 Å². The van der Waals surface area contributed by atoms with E-state index in [1.54, 1.807) is 18.2 Å². The number of halogens is 1. The van der Waals surface area contributed by atoms with E-state index in [0.717, 1.165) is 30.2 Å². The van der Waals surface area contributed by atoms with Crippen molar-refractivity contribution in [2.24, 2.45) is 0 Å². The molecule has 2 aliphatic rings. The molecule has 0 spiro atoms. The van der Waals surface area contributed by atoms with Crippen molar-refractivity contribution in [3.05, 3.63) is 29.3 Å². The van der Waals surface area contributed by atoms with Crippen LogP contribution in [0.4, 0.5) is 5.69 Å². The monoisotopic (exact) mass is 491 g/mol. The number of imide groups is 1. The van der Waals surface area contributed by atoms with E-state index in [2.05, 4.69) is 26.6 Å². The number of carbonyl (C=O) groups excluding carboxylic acids is 4. The number of piperidine rings is 1. The van der Waals surface area contributed by atoms with Crippen molar-refractivity contribution in [2.75, 3.05) is 10.6 Å². The van der Waals surface area contributed by atoms with Crippen molar-refractivity contribution < 1.29 is 19.2 Å². The quantitative estimate of drug-likeness (QED) is 0.278. The highest BCUT2D eigenvalue weighted by Crippen LogP contribution is 2.32. The van der Waals surface area contributed by atoms with Crippen LogP contribution in [0.5, 0.6) is 0 Å². The second-order valence-electron chi connectivity index (χ2n) is 8.19. The zero-order valence-electron chi connectivity index (χ0n) is 17.8. The normalized spacial score (nSPS) is 18.2. The highest BCUT2D eigenvalue weighted by Gasteiger charge is 2.39. The summed E-state index contributed by atoms with van der Waals surface area (Å²) in [5, 5.41) is 6.31. The van der Waals surface area contributed by atoms with Crippen LogP contribution in [0.2, 0.25) is 0 Å². The van der Waals surface area contributed by atoms with Gasteiger partial charge in [-0.05, 0) is 31.4 Å². The van der Waals surface area contributed by atoms with E-state index < -0.39 is 11.9 Å². The van der Waals surface area contributed by atoms with Crippen molar-refractivity contribution in [1.82, 2.24) is 10.2 Å². The molecule has 7 nitrogen and oxygen atoms in total. The number of amides is 4. The Labute approximate surface area is 191 Å². The summed E-state index contributed by atoms with van der Waals surface area (Å²) in [7, 11) is 0. The summed E-state index contributed by atoms with van der Waals surface area (Å²) in [6, 6.07) is 4.60. The molecule has 0 aliphatic carbocycles. The summed E-state index contributed by atoms with van der Waals surface area (Å²) in [4.78, 5) is 50.4. The summed E-state index contributed by atoms with van der Waals surface area (Å²) in [6.07, 6.45) is 8.94. The number of unbranched alkanes of at least 4 members (excludes halogenated alkanes) is 6. The number of hydrogen-bond donors (Lipinski definition) is 2. The highest BCUT2D eigenvalue weighted by molar-refractivity contribution is 9.09. The first-order chi connectivity index (χ1) is 15.0. The van der Waals surface area contributed by atoms with Crippen LogP contribution in [0.25, 0.3) is 0 Å². The Morgan fingerprint density at radius 2 is 1.77 bits per heavy atom. The van der Waals surface area contributed by atoms with E-state index in [4.69, 9.17) is 0 Å².